The van der Waals surface area contributed by atoms with Crippen molar-refractivity contribution in [3.63, 3.8) is 0 Å². The van der Waals surface area contributed by atoms with Gasteiger partial charge in [-0.05, 0) is 62.1 Å². The SMILES string of the molecule is COC(=O)C1CN(C2CCc3c(-c4noc(-c5ccc(OC(C)C)cc5)n4)cccc32)C1. The van der Waals surface area contributed by atoms with Gasteiger partial charge in [-0.3, -0.25) is 9.69 Å². The predicted molar refractivity (Wildman–Crippen MR) is 119 cm³/mol. The van der Waals surface area contributed by atoms with Crippen LogP contribution in [0, 0.1) is 5.92 Å². The Morgan fingerprint density at radius 3 is 2.66 bits per heavy atom. The van der Waals surface area contributed by atoms with Gasteiger partial charge in [-0.15, -0.1) is 0 Å². The van der Waals surface area contributed by atoms with Gasteiger partial charge in [0.1, 0.15) is 5.75 Å². The number of likely N-dealkylation sites (tertiary alicyclic amines) is 1. The van der Waals surface area contributed by atoms with Crippen molar-refractivity contribution in [2.45, 2.75) is 38.8 Å². The molecule has 2 heterocycles. The Kier molecular flexibility index (Phi) is 5.43. The summed E-state index contributed by atoms with van der Waals surface area (Å²) in [5.74, 6) is 1.79. The summed E-state index contributed by atoms with van der Waals surface area (Å²) in [6.07, 6.45) is 2.12. The molecule has 2 aliphatic rings. The standard InChI is InChI=1S/C25H27N3O4/c1-15(2)31-18-9-7-16(8-10-18)24-26-23(27-32-24)21-6-4-5-20-19(21)11-12-22(20)28-13-17(14-28)25(29)30-3/h4-10,15,17,22H,11-14H2,1-3H3. The first kappa shape index (κ1) is 20.7. The van der Waals surface area contributed by atoms with Crippen LogP contribution in [0.1, 0.15) is 37.4 Å². The van der Waals surface area contributed by atoms with E-state index in [1.54, 1.807) is 0 Å². The summed E-state index contributed by atoms with van der Waals surface area (Å²) in [7, 11) is 1.45. The van der Waals surface area contributed by atoms with Crippen molar-refractivity contribution in [1.29, 1.82) is 0 Å². The number of aromatic nitrogens is 2. The van der Waals surface area contributed by atoms with E-state index in [0.717, 1.165) is 42.8 Å². The van der Waals surface area contributed by atoms with E-state index in [4.69, 9.17) is 14.0 Å². The first-order chi connectivity index (χ1) is 15.5. The largest absolute Gasteiger partial charge is 0.491 e. The van der Waals surface area contributed by atoms with Crippen molar-refractivity contribution < 1.29 is 18.8 Å². The number of esters is 1. The monoisotopic (exact) mass is 433 g/mol. The average molecular weight is 434 g/mol. The summed E-state index contributed by atoms with van der Waals surface area (Å²) < 4.78 is 16.2. The molecule has 0 spiro atoms. The maximum Gasteiger partial charge on any atom is 0.311 e. The van der Waals surface area contributed by atoms with Crippen LogP contribution in [0.3, 0.4) is 0 Å². The lowest BCUT2D eigenvalue weighted by molar-refractivity contribution is -0.152. The molecule has 0 saturated carbocycles. The van der Waals surface area contributed by atoms with Crippen LogP contribution in [0.5, 0.6) is 5.75 Å². The van der Waals surface area contributed by atoms with E-state index in [1.807, 2.05) is 38.1 Å². The second kappa shape index (κ2) is 8.39. The van der Waals surface area contributed by atoms with Gasteiger partial charge in [0.05, 0.1) is 19.1 Å². The molecule has 1 aliphatic heterocycles. The molecule has 0 bridgehead atoms. The highest BCUT2D eigenvalue weighted by atomic mass is 16.5. The lowest BCUT2D eigenvalue weighted by atomic mass is 9.94. The second-order valence-corrected chi connectivity index (χ2v) is 8.72. The van der Waals surface area contributed by atoms with Crippen LogP contribution >= 0.6 is 0 Å². The molecule has 7 heteroatoms. The fourth-order valence-electron chi connectivity index (χ4n) is 4.70. The van der Waals surface area contributed by atoms with Gasteiger partial charge in [-0.1, -0.05) is 23.4 Å². The van der Waals surface area contributed by atoms with Crippen LogP contribution in [-0.4, -0.2) is 47.3 Å². The Bertz CT molecular complexity index is 1120. The number of rotatable bonds is 6. The van der Waals surface area contributed by atoms with Gasteiger partial charge in [-0.2, -0.15) is 4.98 Å². The number of carbonyl (C=O) groups excluding carboxylic acids is 1. The number of carbonyl (C=O) groups is 1. The highest BCUT2D eigenvalue weighted by Gasteiger charge is 2.40. The highest BCUT2D eigenvalue weighted by Crippen LogP contribution is 2.42. The topological polar surface area (TPSA) is 77.7 Å². The zero-order chi connectivity index (χ0) is 22.2. The van der Waals surface area contributed by atoms with Crippen LogP contribution in [0.4, 0.5) is 0 Å². The van der Waals surface area contributed by atoms with Gasteiger partial charge < -0.3 is 14.0 Å². The molecule has 2 aromatic carbocycles. The molecule has 166 valence electrons. The first-order valence-electron chi connectivity index (χ1n) is 11.1. The summed E-state index contributed by atoms with van der Waals surface area (Å²) in [4.78, 5) is 18.8. The van der Waals surface area contributed by atoms with Gasteiger partial charge in [0.25, 0.3) is 5.89 Å². The van der Waals surface area contributed by atoms with E-state index in [9.17, 15) is 4.79 Å². The maximum atomic E-state index is 11.7. The Morgan fingerprint density at radius 2 is 1.94 bits per heavy atom. The summed E-state index contributed by atoms with van der Waals surface area (Å²) in [5, 5.41) is 4.27. The van der Waals surface area contributed by atoms with Gasteiger partial charge in [-0.25, -0.2) is 0 Å². The van der Waals surface area contributed by atoms with Crippen molar-refractivity contribution in [2.75, 3.05) is 20.2 Å². The third kappa shape index (κ3) is 3.77. The molecule has 5 rings (SSSR count). The van der Waals surface area contributed by atoms with Gasteiger partial charge >= 0.3 is 5.97 Å². The van der Waals surface area contributed by atoms with Crippen molar-refractivity contribution in [1.82, 2.24) is 15.0 Å². The normalized spacial score (nSPS) is 18.4. The number of ether oxygens (including phenoxy) is 2. The molecule has 7 nitrogen and oxygen atoms in total. The van der Waals surface area contributed by atoms with Crippen molar-refractivity contribution >= 4 is 5.97 Å². The molecular weight excluding hydrogens is 406 g/mol. The molecular formula is C25H27N3O4. The minimum Gasteiger partial charge on any atom is -0.491 e. The molecule has 0 radical (unpaired) electrons. The third-order valence-corrected chi connectivity index (χ3v) is 6.26. The smallest absolute Gasteiger partial charge is 0.311 e. The quantitative estimate of drug-likeness (QED) is 0.537. The summed E-state index contributed by atoms with van der Waals surface area (Å²) >= 11 is 0. The minimum atomic E-state index is -0.114. The van der Waals surface area contributed by atoms with Gasteiger partial charge in [0.2, 0.25) is 5.82 Å². The number of fused-ring (bicyclic) bond motifs is 1. The van der Waals surface area contributed by atoms with Crippen LogP contribution in [-0.2, 0) is 16.0 Å². The van der Waals surface area contributed by atoms with E-state index < -0.39 is 0 Å². The molecule has 0 amide bonds. The van der Waals surface area contributed by atoms with E-state index in [2.05, 4.69) is 33.2 Å². The molecule has 1 atom stereocenters. The van der Waals surface area contributed by atoms with Crippen LogP contribution in [0.15, 0.2) is 47.0 Å². The molecule has 1 fully saturated rings. The third-order valence-electron chi connectivity index (χ3n) is 6.26. The number of methoxy groups -OCH3 is 1. The maximum absolute atomic E-state index is 11.7. The minimum absolute atomic E-state index is 0.00988. The highest BCUT2D eigenvalue weighted by molar-refractivity contribution is 5.74. The van der Waals surface area contributed by atoms with Crippen LogP contribution in [0.25, 0.3) is 22.8 Å². The fourth-order valence-corrected chi connectivity index (χ4v) is 4.70. The number of hydrogen-bond acceptors (Lipinski definition) is 7. The Hall–Kier alpha value is -3.19. The van der Waals surface area contributed by atoms with E-state index in [0.29, 0.717) is 17.8 Å². The number of nitrogens with zero attached hydrogens (tertiary/aromatic N) is 3. The van der Waals surface area contributed by atoms with Crippen LogP contribution in [0.2, 0.25) is 0 Å². The summed E-state index contributed by atoms with van der Waals surface area (Å²) in [6.45, 7) is 5.51. The molecule has 0 N–H and O–H groups in total. The summed E-state index contributed by atoms with van der Waals surface area (Å²) in [6, 6.07) is 14.3. The van der Waals surface area contributed by atoms with Crippen molar-refractivity contribution in [3.8, 4) is 28.6 Å². The second-order valence-electron chi connectivity index (χ2n) is 8.72. The predicted octanol–water partition coefficient (Wildman–Crippen LogP) is 4.28. The van der Waals surface area contributed by atoms with Crippen LogP contribution < -0.4 is 4.74 Å². The molecule has 1 aliphatic carbocycles. The summed E-state index contributed by atoms with van der Waals surface area (Å²) in [5.41, 5.74) is 4.45. The van der Waals surface area contributed by atoms with Crippen molar-refractivity contribution in [3.05, 3.63) is 53.6 Å². The number of benzene rings is 2. The zero-order valence-electron chi connectivity index (χ0n) is 18.6. The van der Waals surface area contributed by atoms with Gasteiger partial charge in [0, 0.05) is 30.3 Å². The molecule has 1 unspecified atom stereocenters. The van der Waals surface area contributed by atoms with E-state index in [1.165, 1.54) is 18.2 Å². The first-order valence-corrected chi connectivity index (χ1v) is 11.1. The molecule has 1 aromatic heterocycles. The van der Waals surface area contributed by atoms with E-state index >= 15 is 0 Å². The molecule has 32 heavy (non-hydrogen) atoms. The number of hydrogen-bond donors (Lipinski definition) is 0. The Balaban J connectivity index is 1.35. The molecule has 1 saturated heterocycles. The van der Waals surface area contributed by atoms with Crippen molar-refractivity contribution in [2.24, 2.45) is 5.92 Å². The molecule has 3 aromatic rings. The zero-order valence-corrected chi connectivity index (χ0v) is 18.6. The Labute approximate surface area is 187 Å². The van der Waals surface area contributed by atoms with Gasteiger partial charge in [0.15, 0.2) is 0 Å². The Morgan fingerprint density at radius 1 is 1.16 bits per heavy atom. The average Bonchev–Trinajstić information content (AvgIpc) is 3.40. The van der Waals surface area contributed by atoms with E-state index in [-0.39, 0.29) is 18.0 Å². The fraction of sp³-hybridized carbons (Fsp3) is 0.400. The lowest BCUT2D eigenvalue weighted by Gasteiger charge is -2.41. The lowest BCUT2D eigenvalue weighted by Crippen LogP contribution is -2.51.